The first-order chi connectivity index (χ1) is 17.0. The third kappa shape index (κ3) is 7.19. The van der Waals surface area contributed by atoms with Crippen LogP contribution in [0.2, 0.25) is 5.02 Å². The molecule has 0 aliphatic heterocycles. The topological polar surface area (TPSA) is 92.4 Å². The number of nitrogens with zero attached hydrogens (tertiary/aromatic N) is 1. The summed E-state index contributed by atoms with van der Waals surface area (Å²) in [6, 6.07) is 14.3. The molecule has 3 aromatic rings. The summed E-state index contributed by atoms with van der Waals surface area (Å²) in [5, 5.41) is 12.1. The number of carbonyl (C=O) groups excluding carboxylic acids is 2. The molecule has 0 unspecified atom stereocenters. The molecular formula is C26H29ClN4O3S. The molecule has 1 aliphatic rings. The van der Waals surface area contributed by atoms with Gasteiger partial charge in [0.05, 0.1) is 6.04 Å². The Hall–Kier alpha value is -3.10. The molecule has 1 saturated carbocycles. The van der Waals surface area contributed by atoms with Crippen molar-refractivity contribution in [3.05, 3.63) is 75.2 Å². The first-order valence-corrected chi connectivity index (χ1v) is 13.1. The van der Waals surface area contributed by atoms with Gasteiger partial charge in [-0.15, -0.1) is 11.3 Å². The van der Waals surface area contributed by atoms with Crippen LogP contribution in [0.3, 0.4) is 0 Å². The van der Waals surface area contributed by atoms with E-state index in [9.17, 15) is 9.59 Å². The summed E-state index contributed by atoms with van der Waals surface area (Å²) in [6.07, 6.45) is 4.57. The Morgan fingerprint density at radius 2 is 1.71 bits per heavy atom. The van der Waals surface area contributed by atoms with E-state index in [2.05, 4.69) is 27.9 Å². The Balaban J connectivity index is 1.29. The van der Waals surface area contributed by atoms with Gasteiger partial charge in [0.25, 0.3) is 5.91 Å². The third-order valence-corrected chi connectivity index (χ3v) is 7.05. The Morgan fingerprint density at radius 1 is 1.03 bits per heavy atom. The van der Waals surface area contributed by atoms with Gasteiger partial charge >= 0.3 is 6.03 Å². The monoisotopic (exact) mass is 512 g/mol. The van der Waals surface area contributed by atoms with Crippen LogP contribution in [0.25, 0.3) is 0 Å². The summed E-state index contributed by atoms with van der Waals surface area (Å²) in [5.74, 6) is 0.444. The van der Waals surface area contributed by atoms with Gasteiger partial charge in [0.15, 0.2) is 0 Å². The molecule has 2 aromatic carbocycles. The smallest absolute Gasteiger partial charge is 0.319 e. The van der Waals surface area contributed by atoms with Crippen molar-refractivity contribution < 1.29 is 14.3 Å². The summed E-state index contributed by atoms with van der Waals surface area (Å²) in [6.45, 7) is 2.36. The lowest BCUT2D eigenvalue weighted by atomic mass is 9.90. The van der Waals surface area contributed by atoms with E-state index >= 15 is 0 Å². The Bertz CT molecular complexity index is 1130. The standard InChI is InChI=1S/C26H29ClN4O3S/c1-2-17-7-11-19(12-8-17)28-26(33)31-22-6-4-3-5-21(22)30-25(32)23-16-35-24(29-23)15-34-20-13-9-18(27)10-14-20/h7-14,16,21-22H,2-6,15H2,1H3,(H,30,32)(H2,28,31,33)/t21-,22-/m0/s1. The van der Waals surface area contributed by atoms with Crippen molar-refractivity contribution in [2.75, 3.05) is 5.32 Å². The van der Waals surface area contributed by atoms with Gasteiger partial charge < -0.3 is 20.7 Å². The lowest BCUT2D eigenvalue weighted by Crippen LogP contribution is -2.54. The number of carbonyl (C=O) groups is 2. The van der Waals surface area contributed by atoms with E-state index in [1.807, 2.05) is 24.3 Å². The van der Waals surface area contributed by atoms with Crippen LogP contribution in [0.1, 0.15) is 53.7 Å². The zero-order valence-electron chi connectivity index (χ0n) is 19.6. The van der Waals surface area contributed by atoms with E-state index in [0.717, 1.165) is 37.8 Å². The third-order valence-electron chi connectivity index (χ3n) is 5.98. The van der Waals surface area contributed by atoms with Crippen molar-refractivity contribution in [3.8, 4) is 5.75 Å². The maximum Gasteiger partial charge on any atom is 0.319 e. The number of aryl methyl sites for hydroxylation is 1. The molecule has 1 aromatic heterocycles. The van der Waals surface area contributed by atoms with Crippen molar-refractivity contribution >= 4 is 40.6 Å². The van der Waals surface area contributed by atoms with E-state index in [4.69, 9.17) is 16.3 Å². The highest BCUT2D eigenvalue weighted by Crippen LogP contribution is 2.21. The molecule has 1 aliphatic carbocycles. The number of anilines is 1. The molecule has 9 heteroatoms. The highest BCUT2D eigenvalue weighted by molar-refractivity contribution is 7.09. The number of halogens is 1. The van der Waals surface area contributed by atoms with Gasteiger partial charge in [-0.2, -0.15) is 0 Å². The fourth-order valence-corrected chi connectivity index (χ4v) is 4.85. The molecule has 3 N–H and O–H groups in total. The number of hydrogen-bond donors (Lipinski definition) is 3. The van der Waals surface area contributed by atoms with Crippen molar-refractivity contribution in [1.29, 1.82) is 0 Å². The first kappa shape index (κ1) is 25.0. The number of benzene rings is 2. The van der Waals surface area contributed by atoms with Gasteiger partial charge in [0.1, 0.15) is 23.1 Å². The number of nitrogens with one attached hydrogen (secondary N) is 3. The minimum atomic E-state index is -0.268. The minimum absolute atomic E-state index is 0.144. The van der Waals surface area contributed by atoms with Crippen molar-refractivity contribution in [3.63, 3.8) is 0 Å². The van der Waals surface area contributed by atoms with E-state index in [0.29, 0.717) is 21.5 Å². The van der Waals surface area contributed by atoms with Gasteiger partial charge in [0, 0.05) is 22.1 Å². The summed E-state index contributed by atoms with van der Waals surface area (Å²) in [7, 11) is 0. The second-order valence-electron chi connectivity index (χ2n) is 8.49. The van der Waals surface area contributed by atoms with Gasteiger partial charge in [0.2, 0.25) is 0 Å². The molecule has 3 amide bonds. The zero-order chi connectivity index (χ0) is 24.6. The molecule has 1 heterocycles. The maximum absolute atomic E-state index is 12.9. The Labute approximate surface area is 214 Å². The molecule has 1 fully saturated rings. The Kier molecular flexibility index (Phi) is 8.60. The molecule has 0 spiro atoms. The Morgan fingerprint density at radius 3 is 2.40 bits per heavy atom. The van der Waals surface area contributed by atoms with Crippen LogP contribution in [0.5, 0.6) is 5.75 Å². The molecule has 0 radical (unpaired) electrons. The number of rotatable bonds is 8. The second kappa shape index (κ2) is 12.0. The van der Waals surface area contributed by atoms with Gasteiger partial charge in [-0.25, -0.2) is 9.78 Å². The number of urea groups is 1. The van der Waals surface area contributed by atoms with Crippen LogP contribution in [0.15, 0.2) is 53.9 Å². The van der Waals surface area contributed by atoms with Crippen LogP contribution < -0.4 is 20.7 Å². The van der Waals surface area contributed by atoms with Crippen LogP contribution in [0.4, 0.5) is 10.5 Å². The molecule has 4 rings (SSSR count). The molecule has 7 nitrogen and oxygen atoms in total. The van der Waals surface area contributed by atoms with E-state index < -0.39 is 0 Å². The summed E-state index contributed by atoms with van der Waals surface area (Å²) in [5.41, 5.74) is 2.31. The average Bonchev–Trinajstić information content (AvgIpc) is 3.35. The van der Waals surface area contributed by atoms with Crippen molar-refractivity contribution in [1.82, 2.24) is 15.6 Å². The largest absolute Gasteiger partial charge is 0.486 e. The van der Waals surface area contributed by atoms with Gasteiger partial charge in [-0.05, 0) is 61.2 Å². The fraction of sp³-hybridized carbons (Fsp3) is 0.346. The number of thiazole rings is 1. The number of amides is 3. The highest BCUT2D eigenvalue weighted by atomic mass is 35.5. The van der Waals surface area contributed by atoms with Crippen LogP contribution in [-0.2, 0) is 13.0 Å². The van der Waals surface area contributed by atoms with Gasteiger partial charge in [-0.3, -0.25) is 4.79 Å². The van der Waals surface area contributed by atoms with Crippen LogP contribution >= 0.6 is 22.9 Å². The lowest BCUT2D eigenvalue weighted by Gasteiger charge is -2.32. The quantitative estimate of drug-likeness (QED) is 0.355. The van der Waals surface area contributed by atoms with Crippen LogP contribution in [0, 0.1) is 0 Å². The van der Waals surface area contributed by atoms with E-state index in [1.165, 1.54) is 16.9 Å². The summed E-state index contributed by atoms with van der Waals surface area (Å²) < 4.78 is 5.72. The van der Waals surface area contributed by atoms with E-state index in [1.54, 1.807) is 29.6 Å². The van der Waals surface area contributed by atoms with Crippen LogP contribution in [-0.4, -0.2) is 29.0 Å². The molecule has 0 saturated heterocycles. The van der Waals surface area contributed by atoms with Crippen molar-refractivity contribution in [2.24, 2.45) is 0 Å². The summed E-state index contributed by atoms with van der Waals surface area (Å²) >= 11 is 7.27. The fourth-order valence-electron chi connectivity index (χ4n) is 4.04. The number of hydrogen-bond acceptors (Lipinski definition) is 5. The molecule has 184 valence electrons. The SMILES string of the molecule is CCc1ccc(NC(=O)N[C@H]2CCCC[C@@H]2NC(=O)c2csc(COc3ccc(Cl)cc3)n2)cc1. The normalized spacial score (nSPS) is 17.4. The molecule has 35 heavy (non-hydrogen) atoms. The molecule has 2 atom stereocenters. The lowest BCUT2D eigenvalue weighted by molar-refractivity contribution is 0.0911. The predicted octanol–water partition coefficient (Wildman–Crippen LogP) is 5.80. The highest BCUT2D eigenvalue weighted by Gasteiger charge is 2.28. The average molecular weight is 513 g/mol. The zero-order valence-corrected chi connectivity index (χ0v) is 21.1. The molecular weight excluding hydrogens is 484 g/mol. The van der Waals surface area contributed by atoms with E-state index in [-0.39, 0.29) is 30.6 Å². The number of ether oxygens (including phenoxy) is 1. The predicted molar refractivity (Wildman–Crippen MR) is 139 cm³/mol. The van der Waals surface area contributed by atoms with Gasteiger partial charge in [-0.1, -0.05) is 43.5 Å². The molecule has 0 bridgehead atoms. The summed E-state index contributed by atoms with van der Waals surface area (Å²) in [4.78, 5) is 29.9. The van der Waals surface area contributed by atoms with Crippen molar-refractivity contribution in [2.45, 2.75) is 57.7 Å². The minimum Gasteiger partial charge on any atom is -0.486 e. The first-order valence-electron chi connectivity index (χ1n) is 11.8. The maximum atomic E-state index is 12.9. The number of aromatic nitrogens is 1. The second-order valence-corrected chi connectivity index (χ2v) is 9.87.